The molecule has 0 radical (unpaired) electrons. The van der Waals surface area contributed by atoms with Crippen LogP contribution in [0, 0.1) is 0 Å². The minimum absolute atomic E-state index is 0.00292. The zero-order valence-electron chi connectivity index (χ0n) is 17.3. The molecule has 0 unspecified atom stereocenters. The highest BCUT2D eigenvalue weighted by Gasteiger charge is 2.09. The van der Waals surface area contributed by atoms with Crippen LogP contribution in [0.2, 0.25) is 0 Å². The number of esters is 2. The van der Waals surface area contributed by atoms with Crippen LogP contribution in [-0.4, -0.2) is 45.1 Å². The van der Waals surface area contributed by atoms with Gasteiger partial charge in [0.2, 0.25) is 11.8 Å². The van der Waals surface area contributed by atoms with Gasteiger partial charge in [-0.05, 0) is 19.9 Å². The lowest BCUT2D eigenvalue weighted by Gasteiger charge is -1.99. The summed E-state index contributed by atoms with van der Waals surface area (Å²) in [6.07, 6.45) is 4.08. The molecule has 0 amide bonds. The molecule has 0 saturated carbocycles. The summed E-state index contributed by atoms with van der Waals surface area (Å²) in [6, 6.07) is 1.50. The molecule has 2 aromatic heterocycles. The average Bonchev–Trinajstić information content (AvgIpc) is 2.72. The van der Waals surface area contributed by atoms with Crippen molar-refractivity contribution >= 4 is 23.7 Å². The predicted molar refractivity (Wildman–Crippen MR) is 107 cm³/mol. The van der Waals surface area contributed by atoms with Crippen LogP contribution >= 0.6 is 0 Å². The van der Waals surface area contributed by atoms with Crippen LogP contribution in [-0.2, 0) is 9.47 Å². The Bertz CT molecular complexity index is 680. The molecular weight excluding hydrogens is 364 g/mol. The number of aromatic nitrogens is 4. The second-order valence-electron chi connectivity index (χ2n) is 4.08. The van der Waals surface area contributed by atoms with E-state index in [1.807, 2.05) is 27.7 Å². The Labute approximate surface area is 165 Å². The maximum atomic E-state index is 11.0. The number of nitrogens with two attached hydrogens (primary N) is 2. The van der Waals surface area contributed by atoms with Gasteiger partial charge in [0.05, 0.1) is 18.8 Å². The lowest BCUT2D eigenvalue weighted by Crippen LogP contribution is -2.10. The van der Waals surface area contributed by atoms with E-state index in [4.69, 9.17) is 16.2 Å². The number of nitrogens with zero attached hydrogens (tertiary/aromatic N) is 4. The summed E-state index contributed by atoms with van der Waals surface area (Å²) in [7, 11) is 0. The molecular formula is C18H30N6O4. The fourth-order valence-corrected chi connectivity index (χ4v) is 1.32. The molecule has 0 saturated heterocycles. The predicted octanol–water partition coefficient (Wildman–Crippen LogP) is 2.52. The molecule has 10 nitrogen and oxygen atoms in total. The largest absolute Gasteiger partial charge is 0.462 e. The normalized spacial score (nSPS) is 8.50. The first-order valence-corrected chi connectivity index (χ1v) is 8.98. The number of carbonyl (C=O) groups is 2. The van der Waals surface area contributed by atoms with Crippen molar-refractivity contribution in [3.63, 3.8) is 0 Å². The van der Waals surface area contributed by atoms with Gasteiger partial charge in [-0.25, -0.2) is 29.5 Å². The summed E-state index contributed by atoms with van der Waals surface area (Å²) in [6.45, 7) is 12.1. The standard InChI is InChI=1S/2C7H9N3O2.2C2H6/c1-2-12-6(11)5-3-9-7(8)10-4-5;1-2-12-7(11)6-9-4-3-5(8)10-6;2*1-2/h2*3-4H,2H2,1H3,(H2,8,9,10);2*1-2H3. The molecule has 0 bridgehead atoms. The Kier molecular flexibility index (Phi) is 16.5. The van der Waals surface area contributed by atoms with E-state index >= 15 is 0 Å². The van der Waals surface area contributed by atoms with Crippen molar-refractivity contribution in [3.8, 4) is 0 Å². The van der Waals surface area contributed by atoms with Crippen LogP contribution in [0.3, 0.4) is 0 Å². The van der Waals surface area contributed by atoms with Crippen molar-refractivity contribution in [2.75, 3.05) is 24.7 Å². The number of nitrogen functional groups attached to an aromatic ring is 2. The number of rotatable bonds is 4. The third-order valence-corrected chi connectivity index (χ3v) is 2.32. The number of hydrogen-bond donors (Lipinski definition) is 2. The molecule has 0 spiro atoms. The molecule has 2 aromatic rings. The molecule has 0 aromatic carbocycles. The lowest BCUT2D eigenvalue weighted by molar-refractivity contribution is 0.0507. The van der Waals surface area contributed by atoms with Crippen molar-refractivity contribution in [1.82, 2.24) is 19.9 Å². The molecule has 0 fully saturated rings. The molecule has 0 atom stereocenters. The monoisotopic (exact) mass is 394 g/mol. The van der Waals surface area contributed by atoms with Gasteiger partial charge in [0.15, 0.2) is 0 Å². The van der Waals surface area contributed by atoms with Crippen LogP contribution in [0.15, 0.2) is 24.7 Å². The van der Waals surface area contributed by atoms with Gasteiger partial charge >= 0.3 is 11.9 Å². The first-order chi connectivity index (χ1) is 13.5. The Balaban J connectivity index is 0. The van der Waals surface area contributed by atoms with Gasteiger partial charge in [-0.3, -0.25) is 0 Å². The zero-order valence-corrected chi connectivity index (χ0v) is 17.3. The van der Waals surface area contributed by atoms with Gasteiger partial charge in [-0.1, -0.05) is 27.7 Å². The Morgan fingerprint density at radius 2 is 1.39 bits per heavy atom. The lowest BCUT2D eigenvalue weighted by atomic mass is 10.3. The molecule has 2 heterocycles. The van der Waals surface area contributed by atoms with Gasteiger partial charge in [0.1, 0.15) is 5.82 Å². The van der Waals surface area contributed by atoms with Gasteiger partial charge < -0.3 is 20.9 Å². The van der Waals surface area contributed by atoms with Gasteiger partial charge in [0, 0.05) is 18.6 Å². The van der Waals surface area contributed by atoms with Crippen LogP contribution < -0.4 is 11.5 Å². The summed E-state index contributed by atoms with van der Waals surface area (Å²) in [5.74, 6) is -0.588. The molecule has 10 heteroatoms. The van der Waals surface area contributed by atoms with Crippen LogP contribution in [0.1, 0.15) is 62.5 Å². The summed E-state index contributed by atoms with van der Waals surface area (Å²) < 4.78 is 9.37. The molecule has 156 valence electrons. The molecule has 28 heavy (non-hydrogen) atoms. The third kappa shape index (κ3) is 11.3. The van der Waals surface area contributed by atoms with E-state index in [1.54, 1.807) is 13.8 Å². The van der Waals surface area contributed by atoms with Gasteiger partial charge in [0.25, 0.3) is 0 Å². The molecule has 0 aliphatic rings. The third-order valence-electron chi connectivity index (χ3n) is 2.32. The zero-order chi connectivity index (χ0) is 21.9. The second-order valence-corrected chi connectivity index (χ2v) is 4.08. The summed E-state index contributed by atoms with van der Waals surface area (Å²) in [5, 5.41) is 0. The van der Waals surface area contributed by atoms with Gasteiger partial charge in [-0.2, -0.15) is 0 Å². The maximum absolute atomic E-state index is 11.0. The van der Waals surface area contributed by atoms with Crippen molar-refractivity contribution in [2.45, 2.75) is 41.5 Å². The van der Waals surface area contributed by atoms with E-state index < -0.39 is 11.9 Å². The fraction of sp³-hybridized carbons (Fsp3) is 0.444. The summed E-state index contributed by atoms with van der Waals surface area (Å²) in [5.41, 5.74) is 10.9. The Morgan fingerprint density at radius 3 is 1.86 bits per heavy atom. The van der Waals surface area contributed by atoms with E-state index in [9.17, 15) is 9.59 Å². The highest BCUT2D eigenvalue weighted by Crippen LogP contribution is 1.99. The highest BCUT2D eigenvalue weighted by atomic mass is 16.5. The molecule has 4 N–H and O–H groups in total. The number of ether oxygens (including phenoxy) is 2. The summed E-state index contributed by atoms with van der Waals surface area (Å²) in [4.78, 5) is 36.7. The van der Waals surface area contributed by atoms with Crippen molar-refractivity contribution in [2.24, 2.45) is 0 Å². The first-order valence-electron chi connectivity index (χ1n) is 8.98. The molecule has 0 aliphatic carbocycles. The average molecular weight is 394 g/mol. The van der Waals surface area contributed by atoms with Crippen LogP contribution in [0.4, 0.5) is 11.8 Å². The molecule has 0 aliphatic heterocycles. The van der Waals surface area contributed by atoms with Crippen LogP contribution in [0.5, 0.6) is 0 Å². The van der Waals surface area contributed by atoms with E-state index in [2.05, 4.69) is 24.7 Å². The smallest absolute Gasteiger partial charge is 0.376 e. The minimum atomic E-state index is -0.551. The Morgan fingerprint density at radius 1 is 0.893 bits per heavy atom. The fourth-order valence-electron chi connectivity index (χ4n) is 1.32. The maximum Gasteiger partial charge on any atom is 0.376 e. The topological polar surface area (TPSA) is 156 Å². The number of anilines is 2. The molecule has 2 rings (SSSR count). The van der Waals surface area contributed by atoms with E-state index in [0.29, 0.717) is 18.8 Å². The number of carbonyl (C=O) groups excluding carboxylic acids is 2. The minimum Gasteiger partial charge on any atom is -0.462 e. The van der Waals surface area contributed by atoms with Crippen LogP contribution in [0.25, 0.3) is 0 Å². The van der Waals surface area contributed by atoms with Crippen molar-refractivity contribution in [1.29, 1.82) is 0 Å². The van der Waals surface area contributed by atoms with E-state index in [1.165, 1.54) is 24.7 Å². The quantitative estimate of drug-likeness (QED) is 0.738. The SMILES string of the molecule is CC.CC.CCOC(=O)c1cnc(N)nc1.CCOC(=O)c1nccc(N)n1. The Hall–Kier alpha value is -3.30. The second kappa shape index (κ2) is 17.1. The van der Waals surface area contributed by atoms with Gasteiger partial charge in [-0.15, -0.1) is 0 Å². The van der Waals surface area contributed by atoms with E-state index in [-0.39, 0.29) is 17.6 Å². The van der Waals surface area contributed by atoms with Crippen molar-refractivity contribution < 1.29 is 19.1 Å². The highest BCUT2D eigenvalue weighted by molar-refractivity contribution is 5.88. The van der Waals surface area contributed by atoms with E-state index in [0.717, 1.165) is 0 Å². The van der Waals surface area contributed by atoms with Crippen molar-refractivity contribution in [3.05, 3.63) is 36.0 Å². The number of hydrogen-bond acceptors (Lipinski definition) is 10. The summed E-state index contributed by atoms with van der Waals surface area (Å²) >= 11 is 0. The first kappa shape index (κ1) is 26.9.